The average Bonchev–Trinajstić information content (AvgIpc) is 2.69. The third-order valence-electron chi connectivity index (χ3n) is 4.52. The Hall–Kier alpha value is -2.52. The summed E-state index contributed by atoms with van der Waals surface area (Å²) in [5.41, 5.74) is 0.0363. The van der Waals surface area contributed by atoms with Crippen LogP contribution >= 0.6 is 0 Å². The van der Waals surface area contributed by atoms with Crippen molar-refractivity contribution >= 4 is 21.8 Å². The first-order chi connectivity index (χ1) is 12.9. The molecule has 3 rings (SSSR count). The molecule has 0 bridgehead atoms. The molecular formula is C18H22N4O4S. The molecule has 0 radical (unpaired) electrons. The highest BCUT2D eigenvalue weighted by Crippen LogP contribution is 2.23. The van der Waals surface area contributed by atoms with Gasteiger partial charge in [-0.15, -0.1) is 0 Å². The van der Waals surface area contributed by atoms with Gasteiger partial charge in [-0.05, 0) is 31.4 Å². The van der Waals surface area contributed by atoms with Crippen molar-refractivity contribution in [2.45, 2.75) is 30.7 Å². The summed E-state index contributed by atoms with van der Waals surface area (Å²) in [5, 5.41) is 9.43. The average molecular weight is 390 g/mol. The first kappa shape index (κ1) is 19.2. The quantitative estimate of drug-likeness (QED) is 0.804. The number of rotatable bonds is 6. The van der Waals surface area contributed by atoms with Gasteiger partial charge in [0.25, 0.3) is 0 Å². The Morgan fingerprint density at radius 3 is 2.48 bits per heavy atom. The van der Waals surface area contributed by atoms with Gasteiger partial charge in [0.15, 0.2) is 0 Å². The van der Waals surface area contributed by atoms with E-state index in [4.69, 9.17) is 0 Å². The van der Waals surface area contributed by atoms with Crippen molar-refractivity contribution < 1.29 is 18.3 Å². The number of carboxylic acids is 1. The number of sulfonamides is 1. The highest BCUT2D eigenvalue weighted by atomic mass is 32.2. The molecule has 0 atom stereocenters. The monoisotopic (exact) mass is 390 g/mol. The summed E-state index contributed by atoms with van der Waals surface area (Å²) in [5.74, 6) is -0.465. The maximum atomic E-state index is 12.7. The Kier molecular flexibility index (Phi) is 5.71. The lowest BCUT2D eigenvalue weighted by molar-refractivity contribution is 0.0696. The molecule has 1 aromatic carbocycles. The van der Waals surface area contributed by atoms with Crippen molar-refractivity contribution in [2.24, 2.45) is 0 Å². The van der Waals surface area contributed by atoms with E-state index in [1.807, 2.05) is 4.90 Å². The van der Waals surface area contributed by atoms with E-state index in [-0.39, 0.29) is 22.8 Å². The van der Waals surface area contributed by atoms with Gasteiger partial charge in [0.2, 0.25) is 10.0 Å². The highest BCUT2D eigenvalue weighted by Gasteiger charge is 2.24. The van der Waals surface area contributed by atoms with Crippen LogP contribution < -0.4 is 4.90 Å². The number of piperidine rings is 1. The standard InChI is InChI=1S/C18H22N4O4S/c1-21(27(25,26)14-8-4-2-5-9-14)13-16-19-12-15(18(23)24)17(20-16)22-10-6-3-7-11-22/h2,4-5,8-9,12H,3,6-7,10-11,13H2,1H3,(H,23,24). The molecule has 1 saturated heterocycles. The fraction of sp³-hybridized carbons (Fsp3) is 0.389. The maximum absolute atomic E-state index is 12.7. The molecule has 8 nitrogen and oxygen atoms in total. The van der Waals surface area contributed by atoms with Gasteiger partial charge in [-0.3, -0.25) is 0 Å². The number of anilines is 1. The molecule has 0 aliphatic carbocycles. The molecule has 0 amide bonds. The topological polar surface area (TPSA) is 104 Å². The number of carboxylic acid groups (broad SMARTS) is 1. The van der Waals surface area contributed by atoms with E-state index in [1.54, 1.807) is 18.2 Å². The maximum Gasteiger partial charge on any atom is 0.341 e. The SMILES string of the molecule is CN(Cc1ncc(C(=O)O)c(N2CCCCC2)n1)S(=O)(=O)c1ccccc1. The van der Waals surface area contributed by atoms with Crippen molar-refractivity contribution in [2.75, 3.05) is 25.0 Å². The van der Waals surface area contributed by atoms with Gasteiger partial charge in [-0.2, -0.15) is 4.31 Å². The van der Waals surface area contributed by atoms with Gasteiger partial charge >= 0.3 is 5.97 Å². The van der Waals surface area contributed by atoms with Crippen LogP contribution in [0.25, 0.3) is 0 Å². The van der Waals surface area contributed by atoms with Gasteiger partial charge < -0.3 is 10.0 Å². The van der Waals surface area contributed by atoms with Gasteiger partial charge in [0.05, 0.1) is 11.4 Å². The number of aromatic nitrogens is 2. The van der Waals surface area contributed by atoms with Crippen LogP contribution in [-0.2, 0) is 16.6 Å². The van der Waals surface area contributed by atoms with Crippen LogP contribution in [0.3, 0.4) is 0 Å². The Morgan fingerprint density at radius 1 is 1.19 bits per heavy atom. The van der Waals surface area contributed by atoms with Crippen molar-refractivity contribution in [3.05, 3.63) is 47.9 Å². The van der Waals surface area contributed by atoms with Gasteiger partial charge in [0.1, 0.15) is 17.2 Å². The molecule has 1 aromatic heterocycles. The first-order valence-electron chi connectivity index (χ1n) is 8.75. The number of carbonyl (C=O) groups is 1. The second-order valence-corrected chi connectivity index (χ2v) is 8.50. The fourth-order valence-electron chi connectivity index (χ4n) is 3.04. The van der Waals surface area contributed by atoms with Crippen molar-refractivity contribution in [3.63, 3.8) is 0 Å². The predicted molar refractivity (Wildman–Crippen MR) is 100 cm³/mol. The minimum Gasteiger partial charge on any atom is -0.477 e. The van der Waals surface area contributed by atoms with Gasteiger partial charge in [-0.25, -0.2) is 23.2 Å². The van der Waals surface area contributed by atoms with Crippen LogP contribution in [0.15, 0.2) is 41.4 Å². The van der Waals surface area contributed by atoms with Gasteiger partial charge in [-0.1, -0.05) is 18.2 Å². The zero-order valence-corrected chi connectivity index (χ0v) is 15.9. The summed E-state index contributed by atoms with van der Waals surface area (Å²) in [6, 6.07) is 8.12. The number of hydrogen-bond acceptors (Lipinski definition) is 6. The van der Waals surface area contributed by atoms with E-state index in [9.17, 15) is 18.3 Å². The largest absolute Gasteiger partial charge is 0.477 e. The molecule has 0 saturated carbocycles. The molecule has 2 heterocycles. The van der Waals surface area contributed by atoms with Crippen LogP contribution in [0.5, 0.6) is 0 Å². The smallest absolute Gasteiger partial charge is 0.341 e. The number of hydrogen-bond donors (Lipinski definition) is 1. The minimum absolute atomic E-state index is 0.0363. The highest BCUT2D eigenvalue weighted by molar-refractivity contribution is 7.89. The van der Waals surface area contributed by atoms with Crippen LogP contribution in [0, 0.1) is 0 Å². The Labute approximate surface area is 158 Å². The van der Waals surface area contributed by atoms with Crippen LogP contribution in [-0.4, -0.2) is 53.9 Å². The zero-order chi connectivity index (χ0) is 19.4. The zero-order valence-electron chi connectivity index (χ0n) is 15.1. The number of aromatic carboxylic acids is 1. The lowest BCUT2D eigenvalue weighted by Crippen LogP contribution is -2.33. The third-order valence-corrected chi connectivity index (χ3v) is 6.34. The van der Waals surface area contributed by atoms with E-state index in [1.165, 1.54) is 25.4 Å². The van der Waals surface area contributed by atoms with Crippen molar-refractivity contribution in [1.82, 2.24) is 14.3 Å². The van der Waals surface area contributed by atoms with E-state index >= 15 is 0 Å². The third kappa shape index (κ3) is 4.25. The molecule has 144 valence electrons. The van der Waals surface area contributed by atoms with Crippen molar-refractivity contribution in [3.8, 4) is 0 Å². The van der Waals surface area contributed by atoms with Crippen LogP contribution in [0.1, 0.15) is 35.4 Å². The molecule has 1 N–H and O–H groups in total. The van der Waals surface area contributed by atoms with E-state index < -0.39 is 16.0 Å². The van der Waals surface area contributed by atoms with Crippen molar-refractivity contribution in [1.29, 1.82) is 0 Å². The van der Waals surface area contributed by atoms with E-state index in [0.29, 0.717) is 5.82 Å². The lowest BCUT2D eigenvalue weighted by Gasteiger charge is -2.29. The minimum atomic E-state index is -3.68. The molecule has 2 aromatic rings. The fourth-order valence-corrected chi connectivity index (χ4v) is 4.18. The predicted octanol–water partition coefficient (Wildman–Crippen LogP) is 1.99. The van der Waals surface area contributed by atoms with E-state index in [0.717, 1.165) is 36.7 Å². The Balaban J connectivity index is 1.87. The molecular weight excluding hydrogens is 368 g/mol. The Bertz CT molecular complexity index is 912. The molecule has 0 spiro atoms. The number of nitrogens with zero attached hydrogens (tertiary/aromatic N) is 4. The second kappa shape index (κ2) is 8.01. The summed E-state index contributed by atoms with van der Waals surface area (Å²) in [7, 11) is -2.22. The number of benzene rings is 1. The Morgan fingerprint density at radius 2 is 1.85 bits per heavy atom. The lowest BCUT2D eigenvalue weighted by atomic mass is 10.1. The van der Waals surface area contributed by atoms with Gasteiger partial charge in [0, 0.05) is 26.3 Å². The molecule has 0 unspecified atom stereocenters. The summed E-state index contributed by atoms with van der Waals surface area (Å²) < 4.78 is 26.5. The summed E-state index contributed by atoms with van der Waals surface area (Å²) in [6.45, 7) is 1.42. The van der Waals surface area contributed by atoms with E-state index in [2.05, 4.69) is 9.97 Å². The molecule has 27 heavy (non-hydrogen) atoms. The second-order valence-electron chi connectivity index (χ2n) is 6.45. The molecule has 1 aliphatic rings. The van der Waals surface area contributed by atoms with Crippen LogP contribution in [0.4, 0.5) is 5.82 Å². The van der Waals surface area contributed by atoms with Crippen LogP contribution in [0.2, 0.25) is 0 Å². The summed E-state index contributed by atoms with van der Waals surface area (Å²) in [4.78, 5) is 22.1. The molecule has 9 heteroatoms. The summed E-state index contributed by atoms with van der Waals surface area (Å²) in [6.07, 6.45) is 4.31. The summed E-state index contributed by atoms with van der Waals surface area (Å²) >= 11 is 0. The first-order valence-corrected chi connectivity index (χ1v) is 10.2. The normalized spacial score (nSPS) is 15.1. The molecule has 1 aliphatic heterocycles. The molecule has 1 fully saturated rings.